The number of Topliss-reactive ketones (excluding diaryl/α,β-unsaturated/α-hetero) is 1. The zero-order chi connectivity index (χ0) is 11.3. The molecule has 1 rings (SSSR count). The Morgan fingerprint density at radius 1 is 1.33 bits per heavy atom. The molecule has 2 heteroatoms. The minimum Gasteiger partial charge on any atom is -0.299 e. The summed E-state index contributed by atoms with van der Waals surface area (Å²) in [6, 6.07) is 0.688. The number of rotatable bonds is 6. The number of carbonyl (C=O) groups excluding carboxylic acids is 1. The van der Waals surface area contributed by atoms with E-state index in [0.29, 0.717) is 18.4 Å². The molecule has 2 nitrogen and oxygen atoms in total. The lowest BCUT2D eigenvalue weighted by molar-refractivity contribution is -0.118. The molecule has 1 fully saturated rings. The van der Waals surface area contributed by atoms with Crippen LogP contribution in [0, 0.1) is 5.92 Å². The van der Waals surface area contributed by atoms with E-state index in [1.165, 1.54) is 32.1 Å². The Morgan fingerprint density at radius 3 is 2.40 bits per heavy atom. The monoisotopic (exact) mass is 211 g/mol. The van der Waals surface area contributed by atoms with E-state index >= 15 is 0 Å². The van der Waals surface area contributed by atoms with Gasteiger partial charge in [-0.3, -0.25) is 9.69 Å². The lowest BCUT2D eigenvalue weighted by Crippen LogP contribution is -2.38. The minimum atomic E-state index is 0.311. The third-order valence-corrected chi connectivity index (χ3v) is 3.26. The first-order chi connectivity index (χ1) is 7.09. The van der Waals surface area contributed by atoms with E-state index in [0.717, 1.165) is 12.5 Å². The number of nitrogens with zero attached hydrogens (tertiary/aromatic N) is 1. The van der Waals surface area contributed by atoms with Crippen LogP contribution in [0.3, 0.4) is 0 Å². The van der Waals surface area contributed by atoms with Gasteiger partial charge in [0.1, 0.15) is 5.78 Å². The summed E-state index contributed by atoms with van der Waals surface area (Å²) in [5, 5.41) is 0. The molecule has 0 aliphatic heterocycles. The van der Waals surface area contributed by atoms with E-state index < -0.39 is 0 Å². The van der Waals surface area contributed by atoms with Crippen LogP contribution in [-0.2, 0) is 4.79 Å². The van der Waals surface area contributed by atoms with Crippen molar-refractivity contribution in [3.63, 3.8) is 0 Å². The summed E-state index contributed by atoms with van der Waals surface area (Å²) in [6.07, 6.45) is 6.50. The fraction of sp³-hybridized carbons (Fsp3) is 0.923. The van der Waals surface area contributed by atoms with E-state index in [1.54, 1.807) is 6.92 Å². The van der Waals surface area contributed by atoms with Crippen LogP contribution in [0.25, 0.3) is 0 Å². The third-order valence-electron chi connectivity index (χ3n) is 3.26. The van der Waals surface area contributed by atoms with Crippen molar-refractivity contribution in [1.29, 1.82) is 0 Å². The summed E-state index contributed by atoms with van der Waals surface area (Å²) in [5.74, 6) is 1.05. The molecule has 0 aromatic rings. The second-order valence-corrected chi connectivity index (χ2v) is 5.29. The van der Waals surface area contributed by atoms with Crippen molar-refractivity contribution in [1.82, 2.24) is 4.90 Å². The first kappa shape index (κ1) is 12.7. The molecule has 0 aromatic heterocycles. The van der Waals surface area contributed by atoms with E-state index in [-0.39, 0.29) is 0 Å². The van der Waals surface area contributed by atoms with Gasteiger partial charge >= 0.3 is 0 Å². The van der Waals surface area contributed by atoms with Crippen LogP contribution >= 0.6 is 0 Å². The predicted octanol–water partition coefficient (Wildman–Crippen LogP) is 2.87. The van der Waals surface area contributed by atoms with Gasteiger partial charge in [-0.25, -0.2) is 0 Å². The molecule has 0 heterocycles. The Hall–Kier alpha value is -0.370. The molecule has 0 saturated heterocycles. The van der Waals surface area contributed by atoms with Crippen molar-refractivity contribution in [2.24, 2.45) is 5.92 Å². The van der Waals surface area contributed by atoms with Crippen molar-refractivity contribution in [3.8, 4) is 0 Å². The van der Waals surface area contributed by atoms with Gasteiger partial charge in [0.15, 0.2) is 0 Å². The highest BCUT2D eigenvalue weighted by molar-refractivity contribution is 5.77. The fourth-order valence-electron chi connectivity index (χ4n) is 2.37. The molecule has 0 aromatic carbocycles. The Balaban J connectivity index is 2.40. The van der Waals surface area contributed by atoms with Gasteiger partial charge in [0.25, 0.3) is 0 Å². The van der Waals surface area contributed by atoms with Crippen LogP contribution in [-0.4, -0.2) is 29.8 Å². The van der Waals surface area contributed by atoms with E-state index in [1.807, 2.05) is 0 Å². The lowest BCUT2D eigenvalue weighted by Gasteiger charge is -2.28. The SMILES string of the molecule is CC(=O)CN(CCC(C)C)C1CCCC1. The van der Waals surface area contributed by atoms with E-state index in [9.17, 15) is 4.79 Å². The number of carbonyl (C=O) groups is 1. The van der Waals surface area contributed by atoms with Gasteiger partial charge in [-0.1, -0.05) is 26.7 Å². The average molecular weight is 211 g/mol. The second kappa shape index (κ2) is 6.26. The van der Waals surface area contributed by atoms with Crippen molar-refractivity contribution in [3.05, 3.63) is 0 Å². The summed E-state index contributed by atoms with van der Waals surface area (Å²) >= 11 is 0. The van der Waals surface area contributed by atoms with E-state index in [2.05, 4.69) is 18.7 Å². The van der Waals surface area contributed by atoms with Crippen LogP contribution in [0.1, 0.15) is 52.9 Å². The standard InChI is InChI=1S/C13H25NO/c1-11(2)8-9-14(10-12(3)15)13-6-4-5-7-13/h11,13H,4-10H2,1-3H3. The summed E-state index contributed by atoms with van der Waals surface area (Å²) in [6.45, 7) is 7.97. The summed E-state index contributed by atoms with van der Waals surface area (Å²) in [4.78, 5) is 13.6. The Kier molecular flexibility index (Phi) is 5.30. The normalized spacial score (nSPS) is 17.9. The summed E-state index contributed by atoms with van der Waals surface area (Å²) < 4.78 is 0. The zero-order valence-electron chi connectivity index (χ0n) is 10.5. The zero-order valence-corrected chi connectivity index (χ0v) is 10.5. The van der Waals surface area contributed by atoms with Crippen LogP contribution in [0.2, 0.25) is 0 Å². The van der Waals surface area contributed by atoms with Crippen LogP contribution in [0.15, 0.2) is 0 Å². The first-order valence-electron chi connectivity index (χ1n) is 6.33. The van der Waals surface area contributed by atoms with Crippen molar-refractivity contribution in [2.75, 3.05) is 13.1 Å². The number of ketones is 1. The van der Waals surface area contributed by atoms with Crippen LogP contribution < -0.4 is 0 Å². The van der Waals surface area contributed by atoms with Crippen LogP contribution in [0.5, 0.6) is 0 Å². The maximum absolute atomic E-state index is 11.2. The highest BCUT2D eigenvalue weighted by Gasteiger charge is 2.23. The molecule has 0 unspecified atom stereocenters. The molecule has 0 N–H and O–H groups in total. The predicted molar refractivity (Wildman–Crippen MR) is 64.0 cm³/mol. The third kappa shape index (κ3) is 4.78. The minimum absolute atomic E-state index is 0.311. The number of hydrogen-bond acceptors (Lipinski definition) is 2. The molecule has 0 spiro atoms. The summed E-state index contributed by atoms with van der Waals surface area (Å²) in [5.41, 5.74) is 0. The molecule has 88 valence electrons. The maximum Gasteiger partial charge on any atom is 0.143 e. The first-order valence-corrected chi connectivity index (χ1v) is 6.33. The van der Waals surface area contributed by atoms with Gasteiger partial charge in [0.05, 0.1) is 6.54 Å². The van der Waals surface area contributed by atoms with Gasteiger partial charge in [0.2, 0.25) is 0 Å². The summed E-state index contributed by atoms with van der Waals surface area (Å²) in [7, 11) is 0. The molecule has 0 radical (unpaired) electrons. The second-order valence-electron chi connectivity index (χ2n) is 5.29. The molecule has 1 saturated carbocycles. The van der Waals surface area contributed by atoms with Gasteiger partial charge in [-0.05, 0) is 38.6 Å². The highest BCUT2D eigenvalue weighted by Crippen LogP contribution is 2.23. The largest absolute Gasteiger partial charge is 0.299 e. The van der Waals surface area contributed by atoms with Crippen molar-refractivity contribution in [2.45, 2.75) is 58.9 Å². The topological polar surface area (TPSA) is 20.3 Å². The van der Waals surface area contributed by atoms with Crippen LogP contribution in [0.4, 0.5) is 0 Å². The maximum atomic E-state index is 11.2. The molecular formula is C13H25NO. The molecule has 0 atom stereocenters. The van der Waals surface area contributed by atoms with Gasteiger partial charge in [-0.2, -0.15) is 0 Å². The smallest absolute Gasteiger partial charge is 0.143 e. The van der Waals surface area contributed by atoms with Gasteiger partial charge in [0, 0.05) is 6.04 Å². The Labute approximate surface area is 94.0 Å². The molecular weight excluding hydrogens is 186 g/mol. The Morgan fingerprint density at radius 2 is 1.93 bits per heavy atom. The molecule has 0 bridgehead atoms. The van der Waals surface area contributed by atoms with E-state index in [4.69, 9.17) is 0 Å². The van der Waals surface area contributed by atoms with Gasteiger partial charge < -0.3 is 0 Å². The Bertz CT molecular complexity index is 195. The quantitative estimate of drug-likeness (QED) is 0.673. The lowest BCUT2D eigenvalue weighted by atomic mass is 10.1. The number of hydrogen-bond donors (Lipinski definition) is 0. The van der Waals surface area contributed by atoms with Crippen molar-refractivity contribution < 1.29 is 4.79 Å². The van der Waals surface area contributed by atoms with Crippen molar-refractivity contribution >= 4 is 5.78 Å². The molecule has 1 aliphatic rings. The molecule has 15 heavy (non-hydrogen) atoms. The average Bonchev–Trinajstić information content (AvgIpc) is 2.63. The molecule has 0 amide bonds. The fourth-order valence-corrected chi connectivity index (χ4v) is 2.37. The highest BCUT2D eigenvalue weighted by atomic mass is 16.1. The molecule has 1 aliphatic carbocycles. The van der Waals surface area contributed by atoms with Gasteiger partial charge in [-0.15, -0.1) is 0 Å².